The van der Waals surface area contributed by atoms with E-state index >= 15 is 0 Å². The zero-order valence-corrected chi connectivity index (χ0v) is 22.4. The largest absolute Gasteiger partial charge is 0.443 e. The first-order valence-electron chi connectivity index (χ1n) is 13.5. The zero-order valence-electron chi connectivity index (χ0n) is 22.4. The van der Waals surface area contributed by atoms with Crippen LogP contribution in [0.25, 0.3) is 11.1 Å². The number of para-hydroxylation sites is 1. The van der Waals surface area contributed by atoms with Crippen LogP contribution in [-0.2, 0) is 22.7 Å². The number of nitrogens with one attached hydrogen (secondary N) is 1. The molecular formula is C31H30N6O4. The number of fused-ring (bicyclic) bond motifs is 2. The van der Waals surface area contributed by atoms with Crippen LogP contribution in [0.3, 0.4) is 0 Å². The Morgan fingerprint density at radius 3 is 2.56 bits per heavy atom. The van der Waals surface area contributed by atoms with Gasteiger partial charge in [-0.25, -0.2) is 9.78 Å². The van der Waals surface area contributed by atoms with E-state index < -0.39 is 12.2 Å². The summed E-state index contributed by atoms with van der Waals surface area (Å²) in [6, 6.07) is 23.3. The minimum Gasteiger partial charge on any atom is -0.443 e. The lowest BCUT2D eigenvalue weighted by molar-refractivity contribution is -0.158. The number of hydrazine groups is 1. The van der Waals surface area contributed by atoms with E-state index in [1.165, 1.54) is 11.4 Å². The second-order valence-electron chi connectivity index (χ2n) is 10.0. The third-order valence-corrected chi connectivity index (χ3v) is 7.51. The highest BCUT2D eigenvalue weighted by atomic mass is 16.3. The van der Waals surface area contributed by atoms with Crippen molar-refractivity contribution >= 4 is 28.9 Å². The fraction of sp³-hybridized carbons (Fsp3) is 0.226. The van der Waals surface area contributed by atoms with E-state index in [-0.39, 0.29) is 44.0 Å². The molecule has 3 heterocycles. The molecule has 2 aliphatic rings. The molecule has 2 fully saturated rings. The first-order valence-corrected chi connectivity index (χ1v) is 13.5. The van der Waals surface area contributed by atoms with Crippen molar-refractivity contribution in [3.8, 4) is 0 Å². The molecule has 41 heavy (non-hydrogen) atoms. The summed E-state index contributed by atoms with van der Waals surface area (Å²) in [6.07, 6.45) is 2.45. The van der Waals surface area contributed by atoms with Crippen molar-refractivity contribution in [2.24, 2.45) is 0 Å². The van der Waals surface area contributed by atoms with Crippen LogP contribution in [0.15, 0.2) is 102 Å². The number of hydrogen-bond acceptors (Lipinski definition) is 6. The van der Waals surface area contributed by atoms with E-state index in [0.29, 0.717) is 23.2 Å². The summed E-state index contributed by atoms with van der Waals surface area (Å²) in [4.78, 5) is 48.7. The molecule has 2 saturated heterocycles. The quantitative estimate of drug-likeness (QED) is 0.336. The summed E-state index contributed by atoms with van der Waals surface area (Å²) in [5.41, 5.74) is 3.81. The highest BCUT2D eigenvalue weighted by Gasteiger charge is 2.52. The number of carbonyl (C=O) groups is 3. The molecule has 0 saturated carbocycles. The maximum Gasteiger partial charge on any atom is 0.332 e. The number of nitrogens with zero attached hydrogens (tertiary/aromatic N) is 5. The lowest BCUT2D eigenvalue weighted by atomic mass is 10.00. The van der Waals surface area contributed by atoms with E-state index in [1.54, 1.807) is 20.9 Å². The predicted octanol–water partition coefficient (Wildman–Crippen LogP) is 3.69. The molecule has 4 aromatic rings. The fourth-order valence-corrected chi connectivity index (χ4v) is 5.61. The number of aromatic nitrogens is 1. The van der Waals surface area contributed by atoms with Gasteiger partial charge in [0.15, 0.2) is 12.0 Å². The lowest BCUT2D eigenvalue weighted by Crippen LogP contribution is -2.62. The van der Waals surface area contributed by atoms with Crippen LogP contribution < -0.4 is 5.32 Å². The van der Waals surface area contributed by atoms with Crippen molar-refractivity contribution in [2.75, 3.05) is 19.6 Å². The monoisotopic (exact) mass is 550 g/mol. The molecule has 0 unspecified atom stereocenters. The standard InChI is InChI=1S/C31H30N6O4/c1-2-16-35(31(40)32-17-22-10-5-3-6-11-22)36-20-27(38)37-26(36)19-34(30(39)28(37)23-12-7-4-8-13-23)18-24-14-9-15-25-29(24)41-21-33-25/h2-15,21,26,28H,1,16-20H2,(H,32,40)/t26-,28+/m1/s1. The van der Waals surface area contributed by atoms with Gasteiger partial charge in [-0.1, -0.05) is 78.9 Å². The summed E-state index contributed by atoms with van der Waals surface area (Å²) in [5, 5.41) is 6.21. The van der Waals surface area contributed by atoms with Gasteiger partial charge in [0.1, 0.15) is 17.7 Å². The second-order valence-corrected chi connectivity index (χ2v) is 10.0. The fourth-order valence-electron chi connectivity index (χ4n) is 5.61. The maximum atomic E-state index is 14.0. The minimum absolute atomic E-state index is 0.0423. The van der Waals surface area contributed by atoms with Gasteiger partial charge in [-0.05, 0) is 17.2 Å². The molecule has 1 aromatic heterocycles. The van der Waals surface area contributed by atoms with E-state index in [0.717, 1.165) is 11.1 Å². The topological polar surface area (TPSA) is 102 Å². The molecule has 6 rings (SSSR count). The van der Waals surface area contributed by atoms with Gasteiger partial charge >= 0.3 is 6.03 Å². The van der Waals surface area contributed by atoms with Crippen molar-refractivity contribution < 1.29 is 18.8 Å². The average molecular weight is 551 g/mol. The minimum atomic E-state index is -0.834. The Labute approximate surface area is 237 Å². The Balaban J connectivity index is 1.33. The van der Waals surface area contributed by atoms with E-state index in [1.807, 2.05) is 78.9 Å². The molecule has 3 aromatic carbocycles. The average Bonchev–Trinajstić information content (AvgIpc) is 3.61. The number of carbonyl (C=O) groups excluding carboxylic acids is 3. The van der Waals surface area contributed by atoms with E-state index in [2.05, 4.69) is 16.9 Å². The molecule has 10 nitrogen and oxygen atoms in total. The number of urea groups is 1. The highest BCUT2D eigenvalue weighted by Crippen LogP contribution is 2.36. The summed E-state index contributed by atoms with van der Waals surface area (Å²) >= 11 is 0. The van der Waals surface area contributed by atoms with Gasteiger partial charge in [-0.15, -0.1) is 6.58 Å². The van der Waals surface area contributed by atoms with Crippen molar-refractivity contribution in [2.45, 2.75) is 25.3 Å². The summed E-state index contributed by atoms with van der Waals surface area (Å²) in [7, 11) is 0. The van der Waals surface area contributed by atoms with Gasteiger partial charge in [0.05, 0.1) is 19.6 Å². The van der Waals surface area contributed by atoms with Gasteiger partial charge in [0.25, 0.3) is 5.91 Å². The number of amides is 4. The Morgan fingerprint density at radius 2 is 1.80 bits per heavy atom. The first-order chi connectivity index (χ1) is 20.0. The predicted molar refractivity (Wildman–Crippen MR) is 152 cm³/mol. The lowest BCUT2D eigenvalue weighted by Gasteiger charge is -2.46. The number of rotatable bonds is 8. The molecule has 10 heteroatoms. The first kappa shape index (κ1) is 26.3. The molecule has 1 N–H and O–H groups in total. The SMILES string of the molecule is C=CCN(C(=O)NCc1ccccc1)N1CC(=O)N2[C@@H](c3ccccc3)C(=O)N(Cc3cccc4ncoc34)C[C@@H]21. The van der Waals surface area contributed by atoms with Gasteiger partial charge in [0.2, 0.25) is 5.91 Å². The third-order valence-electron chi connectivity index (χ3n) is 7.51. The Hall–Kier alpha value is -4.96. The molecular weight excluding hydrogens is 520 g/mol. The molecule has 4 amide bonds. The van der Waals surface area contributed by atoms with Crippen molar-refractivity contribution in [1.82, 2.24) is 30.1 Å². The van der Waals surface area contributed by atoms with Gasteiger partial charge in [-0.2, -0.15) is 5.01 Å². The van der Waals surface area contributed by atoms with E-state index in [4.69, 9.17) is 4.42 Å². The van der Waals surface area contributed by atoms with Gasteiger partial charge in [0, 0.05) is 18.7 Å². The normalized spacial score (nSPS) is 18.9. The Morgan fingerprint density at radius 1 is 1.05 bits per heavy atom. The van der Waals surface area contributed by atoms with Gasteiger partial charge in [-0.3, -0.25) is 14.6 Å². The van der Waals surface area contributed by atoms with Gasteiger partial charge < -0.3 is 19.5 Å². The summed E-state index contributed by atoms with van der Waals surface area (Å²) in [6.45, 7) is 4.80. The maximum absolute atomic E-state index is 14.0. The third kappa shape index (κ3) is 5.05. The molecule has 0 bridgehead atoms. The molecule has 0 spiro atoms. The van der Waals surface area contributed by atoms with Crippen LogP contribution in [0.2, 0.25) is 0 Å². The van der Waals surface area contributed by atoms with Crippen LogP contribution in [0.4, 0.5) is 4.79 Å². The summed E-state index contributed by atoms with van der Waals surface area (Å²) < 4.78 is 5.63. The number of benzene rings is 3. The molecule has 0 aliphatic carbocycles. The van der Waals surface area contributed by atoms with Crippen molar-refractivity contribution in [3.63, 3.8) is 0 Å². The van der Waals surface area contributed by atoms with Crippen LogP contribution in [-0.4, -0.2) is 68.4 Å². The van der Waals surface area contributed by atoms with Crippen LogP contribution in [0, 0.1) is 0 Å². The Bertz CT molecular complexity index is 1570. The molecule has 2 atom stereocenters. The second kappa shape index (κ2) is 11.3. The molecule has 2 aliphatic heterocycles. The zero-order chi connectivity index (χ0) is 28.3. The van der Waals surface area contributed by atoms with Crippen LogP contribution in [0.1, 0.15) is 22.7 Å². The van der Waals surface area contributed by atoms with Crippen molar-refractivity contribution in [1.29, 1.82) is 0 Å². The number of piperazine rings is 1. The van der Waals surface area contributed by atoms with Crippen LogP contribution in [0.5, 0.6) is 0 Å². The number of hydrogen-bond donors (Lipinski definition) is 1. The van der Waals surface area contributed by atoms with E-state index in [9.17, 15) is 14.4 Å². The molecule has 208 valence electrons. The van der Waals surface area contributed by atoms with Crippen molar-refractivity contribution in [3.05, 3.63) is 115 Å². The summed E-state index contributed by atoms with van der Waals surface area (Å²) in [5.74, 6) is -0.415. The molecule has 0 radical (unpaired) electrons. The highest BCUT2D eigenvalue weighted by molar-refractivity contribution is 5.92. The number of oxazole rings is 1. The smallest absolute Gasteiger partial charge is 0.332 e. The Kier molecular flexibility index (Phi) is 7.22. The van der Waals surface area contributed by atoms with Crippen LogP contribution >= 0.6 is 0 Å².